The number of ether oxygens (including phenoxy) is 1. The number of hydrogen-bond acceptors (Lipinski definition) is 6. The Hall–Kier alpha value is -3.62. The molecule has 1 N–H and O–H groups in total. The molecule has 4 rings (SSSR count). The molecule has 9 heteroatoms. The SMILES string of the molecule is COc1cncc(-c2cc(Nc3cccc(C(F)F)c3)nc(C3CCCN(C(C)=O)C3)n2)c1. The average molecular weight is 453 g/mol. The molecule has 1 aliphatic rings. The van der Waals surface area contributed by atoms with Gasteiger partial charge in [0.15, 0.2) is 0 Å². The van der Waals surface area contributed by atoms with Crippen LogP contribution in [-0.2, 0) is 4.79 Å². The van der Waals surface area contributed by atoms with Crippen molar-refractivity contribution < 1.29 is 18.3 Å². The lowest BCUT2D eigenvalue weighted by Gasteiger charge is -2.31. The van der Waals surface area contributed by atoms with Crippen LogP contribution in [0.15, 0.2) is 48.8 Å². The first-order chi connectivity index (χ1) is 15.9. The molecule has 7 nitrogen and oxygen atoms in total. The zero-order valence-electron chi connectivity index (χ0n) is 18.5. The molecule has 0 spiro atoms. The Morgan fingerprint density at radius 3 is 2.82 bits per heavy atom. The van der Waals surface area contributed by atoms with E-state index in [0.717, 1.165) is 24.9 Å². The Balaban J connectivity index is 1.73. The predicted molar refractivity (Wildman–Crippen MR) is 121 cm³/mol. The lowest BCUT2D eigenvalue weighted by molar-refractivity contribution is -0.130. The number of carbonyl (C=O) groups is 1. The molecule has 172 valence electrons. The summed E-state index contributed by atoms with van der Waals surface area (Å²) in [5.41, 5.74) is 1.79. The summed E-state index contributed by atoms with van der Waals surface area (Å²) >= 11 is 0. The maximum Gasteiger partial charge on any atom is 0.263 e. The van der Waals surface area contributed by atoms with Crippen LogP contribution >= 0.6 is 0 Å². The smallest absolute Gasteiger partial charge is 0.263 e. The van der Waals surface area contributed by atoms with Crippen molar-refractivity contribution in [3.05, 3.63) is 60.2 Å². The van der Waals surface area contributed by atoms with Gasteiger partial charge in [0.2, 0.25) is 5.91 Å². The number of nitrogens with zero attached hydrogens (tertiary/aromatic N) is 4. The molecule has 0 radical (unpaired) electrons. The minimum absolute atomic E-state index is 0.0232. The zero-order chi connectivity index (χ0) is 23.4. The standard InChI is InChI=1S/C24H25F2N5O2/c1-15(32)31-8-4-6-17(14-31)24-29-21(18-10-20(33-2)13-27-12-18)11-22(30-24)28-19-7-3-5-16(9-19)23(25)26/h3,5,7,9-13,17,23H,4,6,8,14H2,1-2H3,(H,28,29,30). The molecular formula is C24H25F2N5O2. The lowest BCUT2D eigenvalue weighted by atomic mass is 9.97. The molecular weight excluding hydrogens is 428 g/mol. The second kappa shape index (κ2) is 9.89. The van der Waals surface area contributed by atoms with E-state index in [2.05, 4.69) is 15.3 Å². The van der Waals surface area contributed by atoms with Gasteiger partial charge in [-0.2, -0.15) is 0 Å². The highest BCUT2D eigenvalue weighted by molar-refractivity contribution is 5.73. The van der Waals surface area contributed by atoms with Gasteiger partial charge in [-0.15, -0.1) is 0 Å². The second-order valence-corrected chi connectivity index (χ2v) is 7.97. The number of pyridine rings is 1. The quantitative estimate of drug-likeness (QED) is 0.569. The highest BCUT2D eigenvalue weighted by Gasteiger charge is 2.26. The molecule has 1 aromatic carbocycles. The third kappa shape index (κ3) is 5.42. The van der Waals surface area contributed by atoms with Gasteiger partial charge < -0.3 is 15.0 Å². The molecule has 0 bridgehead atoms. The summed E-state index contributed by atoms with van der Waals surface area (Å²) in [5.74, 6) is 1.65. The first-order valence-corrected chi connectivity index (χ1v) is 10.7. The van der Waals surface area contributed by atoms with E-state index in [1.807, 2.05) is 6.07 Å². The summed E-state index contributed by atoms with van der Waals surface area (Å²) in [6.45, 7) is 2.82. The minimum atomic E-state index is -2.56. The number of hydrogen-bond donors (Lipinski definition) is 1. The molecule has 0 saturated carbocycles. The Morgan fingerprint density at radius 2 is 2.06 bits per heavy atom. The number of amides is 1. The lowest BCUT2D eigenvalue weighted by Crippen LogP contribution is -2.38. The molecule has 1 atom stereocenters. The van der Waals surface area contributed by atoms with E-state index in [0.29, 0.717) is 35.3 Å². The van der Waals surface area contributed by atoms with Gasteiger partial charge in [-0.1, -0.05) is 12.1 Å². The van der Waals surface area contributed by atoms with Crippen molar-refractivity contribution in [1.29, 1.82) is 0 Å². The van der Waals surface area contributed by atoms with Crippen LogP contribution in [0.3, 0.4) is 0 Å². The van der Waals surface area contributed by atoms with Crippen LogP contribution < -0.4 is 10.1 Å². The van der Waals surface area contributed by atoms with E-state index in [-0.39, 0.29) is 17.4 Å². The number of methoxy groups -OCH3 is 1. The van der Waals surface area contributed by atoms with E-state index in [1.54, 1.807) is 49.5 Å². The molecule has 1 aliphatic heterocycles. The van der Waals surface area contributed by atoms with Crippen molar-refractivity contribution in [3.63, 3.8) is 0 Å². The van der Waals surface area contributed by atoms with Gasteiger partial charge in [-0.05, 0) is 31.0 Å². The van der Waals surface area contributed by atoms with Crippen LogP contribution in [-0.4, -0.2) is 46.0 Å². The first-order valence-electron chi connectivity index (χ1n) is 10.7. The number of piperidine rings is 1. The van der Waals surface area contributed by atoms with Crippen molar-refractivity contribution in [2.24, 2.45) is 0 Å². The fourth-order valence-corrected chi connectivity index (χ4v) is 3.90. The maximum atomic E-state index is 13.1. The number of nitrogens with one attached hydrogen (secondary N) is 1. The Morgan fingerprint density at radius 1 is 1.21 bits per heavy atom. The van der Waals surface area contributed by atoms with E-state index in [4.69, 9.17) is 9.72 Å². The van der Waals surface area contributed by atoms with Crippen molar-refractivity contribution in [1.82, 2.24) is 19.9 Å². The van der Waals surface area contributed by atoms with Gasteiger partial charge in [0.1, 0.15) is 17.4 Å². The van der Waals surface area contributed by atoms with Gasteiger partial charge in [-0.25, -0.2) is 18.7 Å². The summed E-state index contributed by atoms with van der Waals surface area (Å²) in [6.07, 6.45) is 2.43. The Bertz CT molecular complexity index is 1140. The van der Waals surface area contributed by atoms with Gasteiger partial charge in [-0.3, -0.25) is 9.78 Å². The maximum absolute atomic E-state index is 13.1. The molecule has 2 aromatic heterocycles. The van der Waals surface area contributed by atoms with Gasteiger partial charge >= 0.3 is 0 Å². The number of alkyl halides is 2. The molecule has 33 heavy (non-hydrogen) atoms. The highest BCUT2D eigenvalue weighted by atomic mass is 19.3. The molecule has 0 aliphatic carbocycles. The summed E-state index contributed by atoms with van der Waals surface area (Å²) in [7, 11) is 1.56. The third-order valence-electron chi connectivity index (χ3n) is 5.63. The van der Waals surface area contributed by atoms with Gasteiger partial charge in [0.25, 0.3) is 6.43 Å². The molecule has 1 saturated heterocycles. The predicted octanol–water partition coefficient (Wildman–Crippen LogP) is 4.95. The summed E-state index contributed by atoms with van der Waals surface area (Å²) in [4.78, 5) is 27.4. The van der Waals surface area contributed by atoms with E-state index >= 15 is 0 Å². The van der Waals surface area contributed by atoms with Crippen LogP contribution in [0.4, 0.5) is 20.3 Å². The molecule has 3 aromatic rings. The van der Waals surface area contributed by atoms with E-state index in [1.165, 1.54) is 12.1 Å². The second-order valence-electron chi connectivity index (χ2n) is 7.97. The van der Waals surface area contributed by atoms with Crippen molar-refractivity contribution in [2.75, 3.05) is 25.5 Å². The van der Waals surface area contributed by atoms with Crippen molar-refractivity contribution in [3.8, 4) is 17.0 Å². The average Bonchev–Trinajstić information content (AvgIpc) is 2.84. The fourth-order valence-electron chi connectivity index (χ4n) is 3.90. The van der Waals surface area contributed by atoms with Gasteiger partial charge in [0.05, 0.1) is 19.0 Å². The fraction of sp³-hybridized carbons (Fsp3) is 0.333. The molecule has 1 unspecified atom stereocenters. The first kappa shape index (κ1) is 22.6. The molecule has 1 amide bonds. The Kier molecular flexibility index (Phi) is 6.76. The number of anilines is 2. The van der Waals surface area contributed by atoms with Crippen LogP contribution in [0.2, 0.25) is 0 Å². The summed E-state index contributed by atoms with van der Waals surface area (Å²) in [5, 5.41) is 3.13. The Labute approximate surface area is 190 Å². The molecule has 3 heterocycles. The van der Waals surface area contributed by atoms with E-state index < -0.39 is 6.43 Å². The number of carbonyl (C=O) groups excluding carboxylic acids is 1. The van der Waals surface area contributed by atoms with Crippen LogP contribution in [0.25, 0.3) is 11.3 Å². The number of aromatic nitrogens is 3. The van der Waals surface area contributed by atoms with Crippen molar-refractivity contribution in [2.45, 2.75) is 32.1 Å². The largest absolute Gasteiger partial charge is 0.495 e. The monoisotopic (exact) mass is 453 g/mol. The van der Waals surface area contributed by atoms with Crippen LogP contribution in [0.5, 0.6) is 5.75 Å². The van der Waals surface area contributed by atoms with Crippen LogP contribution in [0.1, 0.15) is 43.5 Å². The summed E-state index contributed by atoms with van der Waals surface area (Å²) < 4.78 is 31.6. The molecule has 1 fully saturated rings. The highest BCUT2D eigenvalue weighted by Crippen LogP contribution is 2.31. The third-order valence-corrected chi connectivity index (χ3v) is 5.63. The summed E-state index contributed by atoms with van der Waals surface area (Å²) in [6, 6.07) is 9.64. The zero-order valence-corrected chi connectivity index (χ0v) is 18.5. The number of halogens is 2. The number of likely N-dealkylation sites (tertiary alicyclic amines) is 1. The number of benzene rings is 1. The van der Waals surface area contributed by atoms with E-state index in [9.17, 15) is 13.6 Å². The number of rotatable bonds is 6. The van der Waals surface area contributed by atoms with Crippen molar-refractivity contribution >= 4 is 17.4 Å². The normalized spacial score (nSPS) is 16.0. The minimum Gasteiger partial charge on any atom is -0.495 e. The van der Waals surface area contributed by atoms with Crippen LogP contribution in [0, 0.1) is 0 Å². The topological polar surface area (TPSA) is 80.2 Å². The van der Waals surface area contributed by atoms with Gasteiger partial charge in [0, 0.05) is 55.0 Å².